The minimum absolute atomic E-state index is 0.0616. The normalized spacial score (nSPS) is 18.3. The van der Waals surface area contributed by atoms with E-state index in [4.69, 9.17) is 23.7 Å². The summed E-state index contributed by atoms with van der Waals surface area (Å²) >= 11 is 0. The van der Waals surface area contributed by atoms with Crippen LogP contribution in [-0.4, -0.2) is 89.2 Å². The molecule has 0 aromatic heterocycles. The van der Waals surface area contributed by atoms with E-state index in [1.165, 1.54) is 148 Å². The summed E-state index contributed by atoms with van der Waals surface area (Å²) in [6.07, 6.45) is 52.2. The number of unbranched alkanes of at least 4 members (excludes halogenated alkanes) is 32. The number of aliphatic carboxylic acids is 1. The van der Waals surface area contributed by atoms with Crippen molar-refractivity contribution in [1.82, 2.24) is 0 Å². The molecule has 1 fully saturated rings. The van der Waals surface area contributed by atoms with Crippen molar-refractivity contribution in [2.45, 2.75) is 327 Å². The Bertz CT molecular complexity index is 1520. The lowest BCUT2D eigenvalue weighted by atomic mass is 9.98. The van der Waals surface area contributed by atoms with Gasteiger partial charge in [-0.05, 0) is 57.8 Å². The number of carbonyl (C=O) groups is 4. The average molecular weight is 1090 g/mol. The van der Waals surface area contributed by atoms with E-state index >= 15 is 0 Å². The number of ether oxygens (including phenoxy) is 5. The molecule has 0 radical (unpaired) electrons. The van der Waals surface area contributed by atoms with Crippen LogP contribution in [0.3, 0.4) is 0 Å². The monoisotopic (exact) mass is 1090 g/mol. The average Bonchev–Trinajstić information content (AvgIpc) is 3.42. The van der Waals surface area contributed by atoms with E-state index in [1.54, 1.807) is 0 Å². The fraction of sp³-hybridized carbons (Fsp3) is 0.815. The first kappa shape index (κ1) is 71.7. The van der Waals surface area contributed by atoms with E-state index in [2.05, 4.69) is 69.4 Å². The zero-order valence-electron chi connectivity index (χ0n) is 49.2. The van der Waals surface area contributed by atoms with E-state index in [0.29, 0.717) is 19.3 Å². The van der Waals surface area contributed by atoms with Crippen LogP contribution in [0.25, 0.3) is 0 Å². The third kappa shape index (κ3) is 43.2. The Morgan fingerprint density at radius 1 is 0.442 bits per heavy atom. The maximum absolute atomic E-state index is 13.1. The van der Waals surface area contributed by atoms with Crippen LogP contribution in [0, 0.1) is 0 Å². The lowest BCUT2D eigenvalue weighted by Gasteiger charge is -2.40. The summed E-state index contributed by atoms with van der Waals surface area (Å²) < 4.78 is 28.5. The first-order valence-corrected chi connectivity index (χ1v) is 31.6. The SMILES string of the molecule is CC/C=C\C/C=C\C/C=C\C/C=C\CCCCC(=O)OCC(COC1OC(C(=O)O)C(O)C(O)C1OC(=O)CCCCCCCCCCCCCCCCCCCCC)OC(=O)CCCCCCCCCCCCCCC. The standard InChI is InChI=1S/C65H114O12/c1-4-7-10-13-16-19-22-25-27-28-29-30-32-35-38-41-44-47-50-53-59(68)76-63-61(70)60(69)62(64(71)72)77-65(63)74-55-56(75-58(67)52-49-46-43-40-37-33-24-21-18-15-12-9-6-3)54-73-57(66)51-48-45-42-39-36-34-31-26-23-20-17-14-11-8-5-2/h8,11,17,20,26,31,36,39,56,60-63,65,69-70H,4-7,9-10,12-16,18-19,21-25,27-30,32-35,37-38,40-55H2,1-3H3,(H,71,72)/b11-8-,20-17-,31-26-,39-36-. The number of aliphatic hydroxyl groups excluding tert-OH is 2. The van der Waals surface area contributed by atoms with Gasteiger partial charge in [-0.1, -0.05) is 262 Å². The van der Waals surface area contributed by atoms with Crippen molar-refractivity contribution in [3.63, 3.8) is 0 Å². The number of carboxylic acids is 1. The number of rotatable bonds is 54. The van der Waals surface area contributed by atoms with Gasteiger partial charge in [0, 0.05) is 19.3 Å². The van der Waals surface area contributed by atoms with Gasteiger partial charge in [0.2, 0.25) is 0 Å². The molecule has 0 amide bonds. The Balaban J connectivity index is 2.65. The minimum Gasteiger partial charge on any atom is -0.479 e. The van der Waals surface area contributed by atoms with Gasteiger partial charge < -0.3 is 39.0 Å². The van der Waals surface area contributed by atoms with Crippen molar-refractivity contribution in [3.8, 4) is 0 Å². The first-order chi connectivity index (χ1) is 37.6. The zero-order valence-corrected chi connectivity index (χ0v) is 49.2. The van der Waals surface area contributed by atoms with Crippen molar-refractivity contribution in [3.05, 3.63) is 48.6 Å². The van der Waals surface area contributed by atoms with Crippen LogP contribution < -0.4 is 0 Å². The number of allylic oxidation sites excluding steroid dienone is 8. The molecule has 0 spiro atoms. The molecular weight excluding hydrogens is 973 g/mol. The predicted octanol–water partition coefficient (Wildman–Crippen LogP) is 16.6. The second-order valence-electron chi connectivity index (χ2n) is 21.7. The van der Waals surface area contributed by atoms with Gasteiger partial charge in [-0.2, -0.15) is 0 Å². The van der Waals surface area contributed by atoms with Gasteiger partial charge in [-0.15, -0.1) is 0 Å². The smallest absolute Gasteiger partial charge is 0.335 e. The summed E-state index contributed by atoms with van der Waals surface area (Å²) in [7, 11) is 0. The van der Waals surface area contributed by atoms with E-state index in [1.807, 2.05) is 0 Å². The summed E-state index contributed by atoms with van der Waals surface area (Å²) in [6, 6.07) is 0. The summed E-state index contributed by atoms with van der Waals surface area (Å²) in [5.74, 6) is -3.15. The van der Waals surface area contributed by atoms with Crippen molar-refractivity contribution in [1.29, 1.82) is 0 Å². The van der Waals surface area contributed by atoms with Gasteiger partial charge >= 0.3 is 23.9 Å². The molecule has 12 heteroatoms. The van der Waals surface area contributed by atoms with Crippen molar-refractivity contribution in [2.75, 3.05) is 13.2 Å². The molecule has 3 N–H and O–H groups in total. The second kappa shape index (κ2) is 53.3. The number of aliphatic hydroxyl groups is 2. The molecule has 0 saturated carbocycles. The van der Waals surface area contributed by atoms with Gasteiger partial charge in [0.1, 0.15) is 18.8 Å². The molecule has 446 valence electrons. The summed E-state index contributed by atoms with van der Waals surface area (Å²) in [5.41, 5.74) is 0. The molecule has 0 bridgehead atoms. The highest BCUT2D eigenvalue weighted by Gasteiger charge is 2.50. The zero-order chi connectivity index (χ0) is 56.1. The van der Waals surface area contributed by atoms with Crippen molar-refractivity contribution < 1.29 is 58.2 Å². The second-order valence-corrected chi connectivity index (χ2v) is 21.7. The maximum Gasteiger partial charge on any atom is 0.335 e. The van der Waals surface area contributed by atoms with E-state index in [9.17, 15) is 34.5 Å². The van der Waals surface area contributed by atoms with Crippen LogP contribution in [-0.2, 0) is 42.9 Å². The highest BCUT2D eigenvalue weighted by molar-refractivity contribution is 5.74. The van der Waals surface area contributed by atoms with Crippen LogP contribution in [0.5, 0.6) is 0 Å². The third-order valence-electron chi connectivity index (χ3n) is 14.4. The van der Waals surface area contributed by atoms with Gasteiger partial charge in [0.05, 0.1) is 6.61 Å². The number of hydrogen-bond acceptors (Lipinski definition) is 11. The molecule has 77 heavy (non-hydrogen) atoms. The van der Waals surface area contributed by atoms with Crippen LogP contribution >= 0.6 is 0 Å². The van der Waals surface area contributed by atoms with Crippen molar-refractivity contribution >= 4 is 23.9 Å². The Morgan fingerprint density at radius 2 is 0.818 bits per heavy atom. The van der Waals surface area contributed by atoms with Gasteiger partial charge in [-0.25, -0.2) is 4.79 Å². The van der Waals surface area contributed by atoms with Crippen molar-refractivity contribution in [2.24, 2.45) is 0 Å². The van der Waals surface area contributed by atoms with E-state index < -0.39 is 67.3 Å². The molecule has 0 aromatic carbocycles. The molecular formula is C65H114O12. The summed E-state index contributed by atoms with van der Waals surface area (Å²) in [6.45, 7) is 5.88. The molecule has 1 aliphatic rings. The summed E-state index contributed by atoms with van der Waals surface area (Å²) in [4.78, 5) is 51.2. The van der Waals surface area contributed by atoms with E-state index in [-0.39, 0.29) is 25.9 Å². The van der Waals surface area contributed by atoms with Gasteiger partial charge in [0.25, 0.3) is 0 Å². The molecule has 0 aromatic rings. The van der Waals surface area contributed by atoms with Crippen LogP contribution in [0.4, 0.5) is 0 Å². The number of carbonyl (C=O) groups excluding carboxylic acids is 3. The van der Waals surface area contributed by atoms with Gasteiger partial charge in [0.15, 0.2) is 24.6 Å². The highest BCUT2D eigenvalue weighted by Crippen LogP contribution is 2.27. The molecule has 1 heterocycles. The molecule has 6 atom stereocenters. The fourth-order valence-corrected chi connectivity index (χ4v) is 9.60. The number of carboxylic acid groups (broad SMARTS) is 1. The quantitative estimate of drug-likeness (QED) is 0.0228. The topological polar surface area (TPSA) is 175 Å². The maximum atomic E-state index is 13.1. The molecule has 1 rings (SSSR count). The predicted molar refractivity (Wildman–Crippen MR) is 312 cm³/mol. The summed E-state index contributed by atoms with van der Waals surface area (Å²) in [5, 5.41) is 31.5. The highest BCUT2D eigenvalue weighted by atomic mass is 16.7. The lowest BCUT2D eigenvalue weighted by Crippen LogP contribution is -2.61. The minimum atomic E-state index is -1.90. The molecule has 6 unspecified atom stereocenters. The van der Waals surface area contributed by atoms with E-state index in [0.717, 1.165) is 83.5 Å². The molecule has 1 saturated heterocycles. The van der Waals surface area contributed by atoms with Crippen LogP contribution in [0.15, 0.2) is 48.6 Å². The van der Waals surface area contributed by atoms with Crippen LogP contribution in [0.1, 0.15) is 290 Å². The first-order valence-electron chi connectivity index (χ1n) is 31.6. The Kier molecular flexibility index (Phi) is 49.7. The van der Waals surface area contributed by atoms with Crippen LogP contribution in [0.2, 0.25) is 0 Å². The Labute approximate surface area is 469 Å². The Morgan fingerprint density at radius 3 is 1.25 bits per heavy atom. The largest absolute Gasteiger partial charge is 0.479 e. The fourth-order valence-electron chi connectivity index (χ4n) is 9.60. The Hall–Kier alpha value is -3.32. The third-order valence-corrected chi connectivity index (χ3v) is 14.4. The number of hydrogen-bond donors (Lipinski definition) is 3. The molecule has 12 nitrogen and oxygen atoms in total. The lowest BCUT2D eigenvalue weighted by molar-refractivity contribution is -0.301. The van der Waals surface area contributed by atoms with Gasteiger partial charge in [-0.3, -0.25) is 14.4 Å². The number of esters is 3. The molecule has 1 aliphatic heterocycles. The molecule has 0 aliphatic carbocycles.